The Balaban J connectivity index is 1.30. The smallest absolute Gasteiger partial charge is 0.158 e. The van der Waals surface area contributed by atoms with Crippen LogP contribution in [0.5, 0.6) is 0 Å². The maximum atomic E-state index is 5.65. The summed E-state index contributed by atoms with van der Waals surface area (Å²) in [6.07, 6.45) is 7.50. The van der Waals surface area contributed by atoms with Crippen LogP contribution in [0.2, 0.25) is 0 Å². The number of para-hydroxylation sites is 1. The van der Waals surface area contributed by atoms with Crippen LogP contribution in [0.1, 0.15) is 45.1 Å². The summed E-state index contributed by atoms with van der Waals surface area (Å²) in [4.78, 5) is 2.60. The highest BCUT2D eigenvalue weighted by atomic mass is 16.7. The van der Waals surface area contributed by atoms with Crippen LogP contribution in [-0.2, 0) is 15.9 Å². The quantitative estimate of drug-likeness (QED) is 0.552. The molecule has 5 nitrogen and oxygen atoms in total. The Labute approximate surface area is 169 Å². The number of nitrogens with one attached hydrogen (secondary N) is 1. The Hall–Kier alpha value is -1.40. The fourth-order valence-electron chi connectivity index (χ4n) is 4.07. The molecule has 1 aliphatic heterocycles. The number of hydrogen-bond acceptors (Lipinski definition) is 5. The van der Waals surface area contributed by atoms with E-state index in [2.05, 4.69) is 22.3 Å². The first kappa shape index (κ1) is 21.3. The van der Waals surface area contributed by atoms with E-state index < -0.39 is 0 Å². The predicted octanol–water partition coefficient (Wildman–Crippen LogP) is 4.21. The molecule has 1 aliphatic rings. The van der Waals surface area contributed by atoms with Crippen molar-refractivity contribution in [1.82, 2.24) is 10.2 Å². The fraction of sp³-hybridized carbons (Fsp3) is 0.652. The van der Waals surface area contributed by atoms with Gasteiger partial charge in [0.15, 0.2) is 6.29 Å². The maximum absolute atomic E-state index is 5.65. The average molecular weight is 389 g/mol. The minimum atomic E-state index is -0.0680. The lowest BCUT2D eigenvalue weighted by Crippen LogP contribution is -2.43. The van der Waals surface area contributed by atoms with Gasteiger partial charge in [0.25, 0.3) is 0 Å². The van der Waals surface area contributed by atoms with Gasteiger partial charge in [-0.3, -0.25) is 0 Å². The zero-order valence-corrected chi connectivity index (χ0v) is 17.5. The molecule has 1 aromatic heterocycles. The topological polar surface area (TPSA) is 46.9 Å². The minimum Gasteiger partial charge on any atom is -0.464 e. The van der Waals surface area contributed by atoms with Crippen molar-refractivity contribution in [3.8, 4) is 0 Å². The van der Waals surface area contributed by atoms with Gasteiger partial charge >= 0.3 is 0 Å². The van der Waals surface area contributed by atoms with Gasteiger partial charge in [-0.25, -0.2) is 0 Å². The summed E-state index contributed by atoms with van der Waals surface area (Å²) in [5.41, 5.74) is 2.34. The Morgan fingerprint density at radius 1 is 1.14 bits per heavy atom. The van der Waals surface area contributed by atoms with E-state index in [0.717, 1.165) is 25.0 Å². The van der Waals surface area contributed by atoms with Crippen molar-refractivity contribution < 1.29 is 13.9 Å². The average Bonchev–Trinajstić information content (AvgIpc) is 3.13. The highest BCUT2D eigenvalue weighted by molar-refractivity contribution is 5.80. The van der Waals surface area contributed by atoms with Crippen molar-refractivity contribution in [3.05, 3.63) is 36.1 Å². The van der Waals surface area contributed by atoms with Crippen LogP contribution in [-0.4, -0.2) is 56.6 Å². The SMILES string of the molecule is CCOC(CCNC1CCN(CCCc2coc3ccccc23)CC1)OCC. The largest absolute Gasteiger partial charge is 0.464 e. The van der Waals surface area contributed by atoms with Gasteiger partial charge in [0.1, 0.15) is 5.58 Å². The first-order valence-electron chi connectivity index (χ1n) is 10.9. The van der Waals surface area contributed by atoms with Crippen LogP contribution in [0.4, 0.5) is 0 Å². The number of hydrogen-bond donors (Lipinski definition) is 1. The van der Waals surface area contributed by atoms with E-state index in [4.69, 9.17) is 13.9 Å². The molecule has 1 fully saturated rings. The molecule has 156 valence electrons. The first-order valence-corrected chi connectivity index (χ1v) is 10.9. The van der Waals surface area contributed by atoms with Gasteiger partial charge in [-0.1, -0.05) is 18.2 Å². The Morgan fingerprint density at radius 2 is 1.89 bits per heavy atom. The highest BCUT2D eigenvalue weighted by Gasteiger charge is 2.19. The zero-order chi connectivity index (χ0) is 19.6. The standard InChI is InChI=1S/C23H36N2O3/c1-3-26-23(27-4-2)11-14-24-20-12-16-25(17-13-20)15-7-8-19-18-28-22-10-6-5-9-21(19)22/h5-6,9-10,18,20,23-24H,3-4,7-8,11-17H2,1-2H3. The normalized spacial score (nSPS) is 16.4. The number of aryl methyl sites for hydroxylation is 1. The van der Waals surface area contributed by atoms with Gasteiger partial charge in [0.05, 0.1) is 6.26 Å². The molecule has 0 bridgehead atoms. The van der Waals surface area contributed by atoms with Gasteiger partial charge in [-0.15, -0.1) is 0 Å². The second-order valence-electron chi connectivity index (χ2n) is 7.56. The molecule has 0 saturated carbocycles. The van der Waals surface area contributed by atoms with E-state index in [1.54, 1.807) is 0 Å². The number of rotatable bonds is 12. The van der Waals surface area contributed by atoms with Crippen molar-refractivity contribution in [2.45, 2.75) is 58.3 Å². The zero-order valence-electron chi connectivity index (χ0n) is 17.5. The monoisotopic (exact) mass is 388 g/mol. The molecule has 0 radical (unpaired) electrons. The highest BCUT2D eigenvalue weighted by Crippen LogP contribution is 2.22. The number of nitrogens with zero attached hydrogens (tertiary/aromatic N) is 1. The van der Waals surface area contributed by atoms with E-state index in [0.29, 0.717) is 19.3 Å². The lowest BCUT2D eigenvalue weighted by atomic mass is 10.0. The molecule has 5 heteroatoms. The third kappa shape index (κ3) is 6.31. The third-order valence-corrected chi connectivity index (χ3v) is 5.59. The van der Waals surface area contributed by atoms with Crippen LogP contribution in [0.3, 0.4) is 0 Å². The van der Waals surface area contributed by atoms with Gasteiger partial charge in [0, 0.05) is 37.6 Å². The molecule has 1 aromatic carbocycles. The van der Waals surface area contributed by atoms with Crippen LogP contribution in [0, 0.1) is 0 Å². The van der Waals surface area contributed by atoms with E-state index in [1.165, 1.54) is 49.8 Å². The maximum Gasteiger partial charge on any atom is 0.158 e. The van der Waals surface area contributed by atoms with Crippen molar-refractivity contribution in [2.75, 3.05) is 39.4 Å². The van der Waals surface area contributed by atoms with Gasteiger partial charge in [0.2, 0.25) is 0 Å². The van der Waals surface area contributed by atoms with Crippen molar-refractivity contribution in [3.63, 3.8) is 0 Å². The third-order valence-electron chi connectivity index (χ3n) is 5.59. The van der Waals surface area contributed by atoms with Crippen LogP contribution in [0.25, 0.3) is 11.0 Å². The molecule has 2 heterocycles. The summed E-state index contributed by atoms with van der Waals surface area (Å²) < 4.78 is 16.9. The molecular weight excluding hydrogens is 352 g/mol. The number of benzene rings is 1. The van der Waals surface area contributed by atoms with Crippen molar-refractivity contribution in [1.29, 1.82) is 0 Å². The number of piperidine rings is 1. The van der Waals surface area contributed by atoms with Gasteiger partial charge < -0.3 is 24.1 Å². The first-order chi connectivity index (χ1) is 13.8. The Kier molecular flexibility index (Phi) is 8.80. The molecule has 0 atom stereocenters. The minimum absolute atomic E-state index is 0.0680. The number of fused-ring (bicyclic) bond motifs is 1. The molecule has 2 aromatic rings. The predicted molar refractivity (Wildman–Crippen MR) is 114 cm³/mol. The van der Waals surface area contributed by atoms with E-state index in [-0.39, 0.29) is 6.29 Å². The molecule has 0 amide bonds. The van der Waals surface area contributed by atoms with E-state index in [1.807, 2.05) is 32.2 Å². The van der Waals surface area contributed by atoms with E-state index >= 15 is 0 Å². The van der Waals surface area contributed by atoms with Gasteiger partial charge in [-0.2, -0.15) is 0 Å². The fourth-order valence-corrected chi connectivity index (χ4v) is 4.07. The molecule has 0 unspecified atom stereocenters. The van der Waals surface area contributed by atoms with Crippen LogP contribution < -0.4 is 5.32 Å². The summed E-state index contributed by atoms with van der Waals surface area (Å²) in [6, 6.07) is 8.94. The Morgan fingerprint density at radius 3 is 2.64 bits per heavy atom. The molecule has 0 aliphatic carbocycles. The van der Waals surface area contributed by atoms with E-state index in [9.17, 15) is 0 Å². The lowest BCUT2D eigenvalue weighted by Gasteiger charge is -2.32. The summed E-state index contributed by atoms with van der Waals surface area (Å²) >= 11 is 0. The van der Waals surface area contributed by atoms with Crippen molar-refractivity contribution in [2.24, 2.45) is 0 Å². The summed E-state index contributed by atoms with van der Waals surface area (Å²) in [5, 5.41) is 4.96. The summed E-state index contributed by atoms with van der Waals surface area (Å²) in [6.45, 7) is 9.95. The van der Waals surface area contributed by atoms with Crippen LogP contribution >= 0.6 is 0 Å². The molecule has 1 saturated heterocycles. The number of ether oxygens (including phenoxy) is 2. The summed E-state index contributed by atoms with van der Waals surface area (Å²) in [5.74, 6) is 0. The van der Waals surface area contributed by atoms with Crippen molar-refractivity contribution >= 4 is 11.0 Å². The number of likely N-dealkylation sites (tertiary alicyclic amines) is 1. The molecule has 28 heavy (non-hydrogen) atoms. The molecule has 0 spiro atoms. The Bertz CT molecular complexity index is 673. The second kappa shape index (κ2) is 11.6. The molecule has 3 rings (SSSR count). The molecule has 1 N–H and O–H groups in total. The molecular formula is C23H36N2O3. The van der Waals surface area contributed by atoms with Gasteiger partial charge in [-0.05, 0) is 70.8 Å². The number of furan rings is 1. The summed E-state index contributed by atoms with van der Waals surface area (Å²) in [7, 11) is 0. The lowest BCUT2D eigenvalue weighted by molar-refractivity contribution is -0.138. The van der Waals surface area contributed by atoms with Crippen LogP contribution in [0.15, 0.2) is 34.9 Å². The second-order valence-corrected chi connectivity index (χ2v) is 7.56.